The van der Waals surface area contributed by atoms with Crippen molar-refractivity contribution < 1.29 is 9.53 Å². The molecule has 92 valence electrons. The molecule has 2 saturated heterocycles. The molecule has 0 aromatic carbocycles. The van der Waals surface area contributed by atoms with Crippen LogP contribution < -0.4 is 5.32 Å². The first-order chi connectivity index (χ1) is 7.81. The highest BCUT2D eigenvalue weighted by atomic mass is 16.5. The average Bonchev–Trinajstić information content (AvgIpc) is 2.39. The molecule has 0 bridgehead atoms. The Morgan fingerprint density at radius 1 is 1.56 bits per heavy atom. The monoisotopic (exact) mass is 226 g/mol. The quantitative estimate of drug-likeness (QED) is 0.750. The fraction of sp³-hybridized carbons (Fsp3) is 0.917. The van der Waals surface area contributed by atoms with Crippen LogP contribution in [0.3, 0.4) is 0 Å². The number of amides is 1. The molecule has 2 atom stereocenters. The molecule has 1 unspecified atom stereocenters. The zero-order chi connectivity index (χ0) is 11.4. The second-order valence-corrected chi connectivity index (χ2v) is 4.73. The molecule has 0 aliphatic carbocycles. The minimum absolute atomic E-state index is 0.198. The van der Waals surface area contributed by atoms with Crippen LogP contribution in [0.2, 0.25) is 0 Å². The molecule has 16 heavy (non-hydrogen) atoms. The lowest BCUT2D eigenvalue weighted by Gasteiger charge is -2.35. The number of hydrogen-bond donors (Lipinski definition) is 1. The molecule has 0 saturated carbocycles. The Morgan fingerprint density at radius 2 is 2.44 bits per heavy atom. The van der Waals surface area contributed by atoms with E-state index in [1.165, 1.54) is 0 Å². The molecule has 0 aromatic rings. The largest absolute Gasteiger partial charge is 0.375 e. The maximum Gasteiger partial charge on any atom is 0.227 e. The van der Waals surface area contributed by atoms with Crippen molar-refractivity contribution >= 4 is 5.91 Å². The van der Waals surface area contributed by atoms with E-state index in [1.807, 2.05) is 4.90 Å². The molecular weight excluding hydrogens is 204 g/mol. The summed E-state index contributed by atoms with van der Waals surface area (Å²) in [5.41, 5.74) is 0. The van der Waals surface area contributed by atoms with E-state index in [-0.39, 0.29) is 12.0 Å². The Hall–Kier alpha value is -0.610. The van der Waals surface area contributed by atoms with Gasteiger partial charge in [-0.05, 0) is 25.8 Å². The lowest BCUT2D eigenvalue weighted by Crippen LogP contribution is -2.50. The number of nitrogens with one attached hydrogen (secondary N) is 1. The standard InChI is InChI=1S/C12H22N2O2/c1-2-11-9-14(6-7-16-11)12(15)10-4-3-5-13-8-10/h10-11,13H,2-9H2,1H3/t10-,11?/m0/s1. The van der Waals surface area contributed by atoms with Crippen LogP contribution in [0.4, 0.5) is 0 Å². The number of piperidine rings is 1. The molecule has 2 aliphatic rings. The van der Waals surface area contributed by atoms with E-state index in [4.69, 9.17) is 4.74 Å². The Labute approximate surface area is 97.3 Å². The van der Waals surface area contributed by atoms with Crippen molar-refractivity contribution in [1.82, 2.24) is 10.2 Å². The van der Waals surface area contributed by atoms with Crippen LogP contribution in [-0.2, 0) is 9.53 Å². The van der Waals surface area contributed by atoms with Gasteiger partial charge in [0, 0.05) is 19.6 Å². The molecule has 0 radical (unpaired) electrons. The van der Waals surface area contributed by atoms with Gasteiger partial charge in [0.05, 0.1) is 18.6 Å². The van der Waals surface area contributed by atoms with Crippen molar-refractivity contribution in [1.29, 1.82) is 0 Å². The summed E-state index contributed by atoms with van der Waals surface area (Å²) in [5.74, 6) is 0.526. The minimum atomic E-state index is 0.198. The number of ether oxygens (including phenoxy) is 1. The maximum atomic E-state index is 12.2. The third-order valence-electron chi connectivity index (χ3n) is 3.55. The molecule has 2 aliphatic heterocycles. The highest BCUT2D eigenvalue weighted by Crippen LogP contribution is 2.16. The van der Waals surface area contributed by atoms with Crippen molar-refractivity contribution in [3.63, 3.8) is 0 Å². The lowest BCUT2D eigenvalue weighted by molar-refractivity contribution is -0.143. The van der Waals surface area contributed by atoms with Gasteiger partial charge in [-0.15, -0.1) is 0 Å². The summed E-state index contributed by atoms with van der Waals surface area (Å²) in [5, 5.41) is 3.30. The normalized spacial score (nSPS) is 31.4. The van der Waals surface area contributed by atoms with Gasteiger partial charge in [-0.3, -0.25) is 4.79 Å². The summed E-state index contributed by atoms with van der Waals surface area (Å²) in [7, 11) is 0. The van der Waals surface area contributed by atoms with Crippen LogP contribution in [0, 0.1) is 5.92 Å². The molecule has 0 aromatic heterocycles. The molecule has 1 N–H and O–H groups in total. The molecule has 4 nitrogen and oxygen atoms in total. The highest BCUT2D eigenvalue weighted by Gasteiger charge is 2.29. The van der Waals surface area contributed by atoms with Gasteiger partial charge in [0.25, 0.3) is 0 Å². The van der Waals surface area contributed by atoms with Gasteiger partial charge in [-0.1, -0.05) is 6.92 Å². The van der Waals surface area contributed by atoms with E-state index in [0.29, 0.717) is 12.5 Å². The van der Waals surface area contributed by atoms with Gasteiger partial charge in [0.1, 0.15) is 0 Å². The van der Waals surface area contributed by atoms with E-state index in [0.717, 1.165) is 45.4 Å². The molecular formula is C12H22N2O2. The predicted octanol–water partition coefficient (Wildman–Crippen LogP) is 0.623. The van der Waals surface area contributed by atoms with Crippen LogP contribution in [0.15, 0.2) is 0 Å². The Morgan fingerprint density at radius 3 is 3.12 bits per heavy atom. The smallest absolute Gasteiger partial charge is 0.227 e. The van der Waals surface area contributed by atoms with Gasteiger partial charge in [-0.25, -0.2) is 0 Å². The van der Waals surface area contributed by atoms with Crippen LogP contribution in [-0.4, -0.2) is 49.7 Å². The Bertz CT molecular complexity index is 239. The van der Waals surface area contributed by atoms with Crippen LogP contribution >= 0.6 is 0 Å². The topological polar surface area (TPSA) is 41.6 Å². The van der Waals surface area contributed by atoms with E-state index >= 15 is 0 Å². The molecule has 2 heterocycles. The first-order valence-corrected chi connectivity index (χ1v) is 6.42. The van der Waals surface area contributed by atoms with Crippen LogP contribution in [0.1, 0.15) is 26.2 Å². The van der Waals surface area contributed by atoms with E-state index in [9.17, 15) is 4.79 Å². The fourth-order valence-corrected chi connectivity index (χ4v) is 2.49. The Kier molecular flexibility index (Phi) is 4.18. The molecule has 4 heteroatoms. The zero-order valence-electron chi connectivity index (χ0n) is 10.1. The summed E-state index contributed by atoms with van der Waals surface area (Å²) >= 11 is 0. The lowest BCUT2D eigenvalue weighted by atomic mass is 9.97. The molecule has 2 fully saturated rings. The summed E-state index contributed by atoms with van der Waals surface area (Å²) < 4.78 is 5.59. The Balaban J connectivity index is 1.87. The first-order valence-electron chi connectivity index (χ1n) is 6.42. The summed E-state index contributed by atoms with van der Waals surface area (Å²) in [4.78, 5) is 14.2. The average molecular weight is 226 g/mol. The van der Waals surface area contributed by atoms with Gasteiger partial charge in [-0.2, -0.15) is 0 Å². The van der Waals surface area contributed by atoms with Gasteiger partial charge >= 0.3 is 0 Å². The predicted molar refractivity (Wildman–Crippen MR) is 62.2 cm³/mol. The van der Waals surface area contributed by atoms with Crippen molar-refractivity contribution in [2.45, 2.75) is 32.3 Å². The van der Waals surface area contributed by atoms with Crippen molar-refractivity contribution in [3.8, 4) is 0 Å². The van der Waals surface area contributed by atoms with Crippen molar-refractivity contribution in [3.05, 3.63) is 0 Å². The van der Waals surface area contributed by atoms with Crippen LogP contribution in [0.25, 0.3) is 0 Å². The van der Waals surface area contributed by atoms with Gasteiger partial charge in [0.15, 0.2) is 0 Å². The maximum absolute atomic E-state index is 12.2. The number of nitrogens with zero attached hydrogens (tertiary/aromatic N) is 1. The second kappa shape index (κ2) is 5.64. The number of carbonyl (C=O) groups is 1. The van der Waals surface area contributed by atoms with E-state index in [1.54, 1.807) is 0 Å². The summed E-state index contributed by atoms with van der Waals surface area (Å²) in [6.45, 7) is 6.28. The fourth-order valence-electron chi connectivity index (χ4n) is 2.49. The third-order valence-corrected chi connectivity index (χ3v) is 3.55. The van der Waals surface area contributed by atoms with Crippen molar-refractivity contribution in [2.24, 2.45) is 5.92 Å². The second-order valence-electron chi connectivity index (χ2n) is 4.73. The first kappa shape index (κ1) is 11.9. The van der Waals surface area contributed by atoms with Gasteiger partial charge in [0.2, 0.25) is 5.91 Å². The van der Waals surface area contributed by atoms with Crippen molar-refractivity contribution in [2.75, 3.05) is 32.8 Å². The summed E-state index contributed by atoms with van der Waals surface area (Å²) in [6.07, 6.45) is 3.40. The number of rotatable bonds is 2. The highest BCUT2D eigenvalue weighted by molar-refractivity contribution is 5.79. The molecule has 1 amide bonds. The van der Waals surface area contributed by atoms with Crippen LogP contribution in [0.5, 0.6) is 0 Å². The number of hydrogen-bond acceptors (Lipinski definition) is 3. The van der Waals surface area contributed by atoms with Gasteiger partial charge < -0.3 is 15.0 Å². The van der Waals surface area contributed by atoms with E-state index in [2.05, 4.69) is 12.2 Å². The number of morpholine rings is 1. The SMILES string of the molecule is CCC1CN(C(=O)[C@H]2CCCNC2)CCO1. The summed E-state index contributed by atoms with van der Waals surface area (Å²) in [6, 6.07) is 0. The molecule has 2 rings (SSSR count). The minimum Gasteiger partial charge on any atom is -0.375 e. The number of carbonyl (C=O) groups excluding carboxylic acids is 1. The van der Waals surface area contributed by atoms with E-state index < -0.39 is 0 Å². The zero-order valence-corrected chi connectivity index (χ0v) is 10.1. The molecule has 0 spiro atoms. The third kappa shape index (κ3) is 2.74.